The van der Waals surface area contributed by atoms with Gasteiger partial charge in [-0.05, 0) is 70.6 Å². The van der Waals surface area contributed by atoms with E-state index in [2.05, 4.69) is 67.8 Å². The number of nitrogens with zero attached hydrogens (tertiary/aromatic N) is 1. The first-order chi connectivity index (χ1) is 13.8. The summed E-state index contributed by atoms with van der Waals surface area (Å²) in [7, 11) is 0. The second-order valence-electron chi connectivity index (χ2n) is 9.42. The Kier molecular flexibility index (Phi) is 6.21. The van der Waals surface area contributed by atoms with Gasteiger partial charge in [0.1, 0.15) is 5.75 Å². The maximum atomic E-state index is 12.5. The Hall–Kier alpha value is -2.05. The zero-order chi connectivity index (χ0) is 22.3. The number of benzene rings is 2. The fraction of sp³-hybridized carbons (Fsp3) is 0.333. The van der Waals surface area contributed by atoms with E-state index in [1.165, 1.54) is 11.8 Å². The molecule has 0 spiro atoms. The third-order valence-corrected chi connectivity index (χ3v) is 6.19. The van der Waals surface area contributed by atoms with E-state index in [0.29, 0.717) is 15.8 Å². The molecule has 3 rings (SSSR count). The van der Waals surface area contributed by atoms with Crippen LogP contribution in [0.25, 0.3) is 6.08 Å². The summed E-state index contributed by atoms with van der Waals surface area (Å²) in [6.07, 6.45) is 1.87. The molecule has 2 aromatic rings. The van der Waals surface area contributed by atoms with Crippen LogP contribution in [0.4, 0.5) is 5.69 Å². The number of thioether (sulfide) groups is 1. The summed E-state index contributed by atoms with van der Waals surface area (Å²) in [4.78, 5) is 17.6. The molecule has 2 N–H and O–H groups in total. The fourth-order valence-electron chi connectivity index (χ4n) is 3.15. The van der Waals surface area contributed by atoms with Gasteiger partial charge in [0.15, 0.2) is 5.17 Å². The third kappa shape index (κ3) is 5.16. The summed E-state index contributed by atoms with van der Waals surface area (Å²) >= 11 is 4.73. The van der Waals surface area contributed by atoms with Crippen LogP contribution in [0.3, 0.4) is 0 Å². The molecule has 1 saturated heterocycles. The molecule has 1 aliphatic rings. The minimum absolute atomic E-state index is 0.168. The summed E-state index contributed by atoms with van der Waals surface area (Å²) in [6, 6.07) is 11.5. The van der Waals surface area contributed by atoms with E-state index in [1.54, 1.807) is 0 Å². The molecule has 0 bridgehead atoms. The summed E-state index contributed by atoms with van der Waals surface area (Å²) in [6.45, 7) is 12.4. The average Bonchev–Trinajstić information content (AvgIpc) is 2.95. The van der Waals surface area contributed by atoms with Crippen molar-refractivity contribution >= 4 is 50.5 Å². The highest BCUT2D eigenvalue weighted by Gasteiger charge is 2.28. The lowest BCUT2D eigenvalue weighted by molar-refractivity contribution is -0.115. The molecular formula is C24H27BrN2O2S. The summed E-state index contributed by atoms with van der Waals surface area (Å²) in [5.41, 5.74) is 2.96. The first-order valence-electron chi connectivity index (χ1n) is 9.78. The molecule has 0 saturated carbocycles. The molecule has 1 amide bonds. The smallest absolute Gasteiger partial charge is 0.264 e. The second kappa shape index (κ2) is 8.23. The van der Waals surface area contributed by atoms with Crippen LogP contribution in [0.5, 0.6) is 5.75 Å². The van der Waals surface area contributed by atoms with E-state index in [4.69, 9.17) is 0 Å². The van der Waals surface area contributed by atoms with Crippen LogP contribution in [-0.2, 0) is 15.6 Å². The Morgan fingerprint density at radius 2 is 1.53 bits per heavy atom. The van der Waals surface area contributed by atoms with Crippen molar-refractivity contribution in [3.63, 3.8) is 0 Å². The zero-order valence-electron chi connectivity index (χ0n) is 18.1. The number of phenolic OH excluding ortho intramolecular Hbond substituents is 1. The van der Waals surface area contributed by atoms with E-state index in [1.807, 2.05) is 42.5 Å². The van der Waals surface area contributed by atoms with Crippen molar-refractivity contribution in [1.29, 1.82) is 0 Å². The molecule has 0 aromatic heterocycles. The lowest BCUT2D eigenvalue weighted by Crippen LogP contribution is -2.19. The maximum Gasteiger partial charge on any atom is 0.264 e. The number of aromatic hydroxyl groups is 1. The number of carbonyl (C=O) groups excluding carboxylic acids is 1. The summed E-state index contributed by atoms with van der Waals surface area (Å²) in [5.74, 6) is 0.164. The predicted octanol–water partition coefficient (Wildman–Crippen LogP) is 6.64. The fourth-order valence-corrected chi connectivity index (χ4v) is 4.25. The SMILES string of the molecule is CC(C)(C)c1cc(/C=C2/SC(=Nc3ccc(Br)cc3)NC2=O)cc(C(C)(C)C)c1O. The standard InChI is InChI=1S/C24H27BrN2O2S/c1-23(2,3)17-11-14(12-18(20(17)28)24(4,5)6)13-19-21(29)27-22(30-19)26-16-9-7-15(25)8-10-16/h7-13,28H,1-6H3,(H,26,27,29)/b19-13+. The molecule has 30 heavy (non-hydrogen) atoms. The molecular weight excluding hydrogens is 460 g/mol. The Bertz CT molecular complexity index is 1010. The van der Waals surface area contributed by atoms with Crippen molar-refractivity contribution < 1.29 is 9.90 Å². The van der Waals surface area contributed by atoms with Gasteiger partial charge in [-0.15, -0.1) is 0 Å². The molecule has 158 valence electrons. The van der Waals surface area contributed by atoms with Crippen LogP contribution < -0.4 is 5.32 Å². The lowest BCUT2D eigenvalue weighted by atomic mass is 9.78. The van der Waals surface area contributed by atoms with Gasteiger partial charge in [0.25, 0.3) is 5.91 Å². The Morgan fingerprint density at radius 1 is 1.00 bits per heavy atom. The van der Waals surface area contributed by atoms with E-state index in [9.17, 15) is 9.90 Å². The van der Waals surface area contributed by atoms with Crippen LogP contribution in [0.1, 0.15) is 58.2 Å². The average molecular weight is 487 g/mol. The van der Waals surface area contributed by atoms with Crippen molar-refractivity contribution in [3.05, 3.63) is 62.5 Å². The highest BCUT2D eigenvalue weighted by atomic mass is 79.9. The zero-order valence-corrected chi connectivity index (χ0v) is 20.5. The Morgan fingerprint density at radius 3 is 2.03 bits per heavy atom. The van der Waals surface area contributed by atoms with Gasteiger partial charge in [0, 0.05) is 15.6 Å². The number of hydrogen-bond acceptors (Lipinski definition) is 4. The van der Waals surface area contributed by atoms with Crippen molar-refractivity contribution in [2.24, 2.45) is 4.99 Å². The molecule has 2 aromatic carbocycles. The predicted molar refractivity (Wildman–Crippen MR) is 130 cm³/mol. The van der Waals surface area contributed by atoms with Crippen LogP contribution in [0, 0.1) is 0 Å². The van der Waals surface area contributed by atoms with E-state index in [0.717, 1.165) is 26.9 Å². The van der Waals surface area contributed by atoms with E-state index in [-0.39, 0.29) is 16.7 Å². The van der Waals surface area contributed by atoms with Crippen LogP contribution >= 0.6 is 27.7 Å². The monoisotopic (exact) mass is 486 g/mol. The van der Waals surface area contributed by atoms with E-state index >= 15 is 0 Å². The highest BCUT2D eigenvalue weighted by molar-refractivity contribution is 9.10. The van der Waals surface area contributed by atoms with Crippen molar-refractivity contribution in [1.82, 2.24) is 5.32 Å². The van der Waals surface area contributed by atoms with Crippen LogP contribution in [-0.4, -0.2) is 16.2 Å². The van der Waals surface area contributed by atoms with Crippen molar-refractivity contribution in [2.75, 3.05) is 0 Å². The summed E-state index contributed by atoms with van der Waals surface area (Å²) in [5, 5.41) is 14.3. The molecule has 0 atom stereocenters. The number of hydrogen-bond donors (Lipinski definition) is 2. The normalized spacial score (nSPS) is 17.6. The molecule has 0 unspecified atom stereocenters. The number of carbonyl (C=O) groups is 1. The maximum absolute atomic E-state index is 12.5. The van der Waals surface area contributed by atoms with Crippen LogP contribution in [0.2, 0.25) is 0 Å². The summed E-state index contributed by atoms with van der Waals surface area (Å²) < 4.78 is 0.979. The quantitative estimate of drug-likeness (QED) is 0.467. The van der Waals surface area contributed by atoms with Gasteiger partial charge in [-0.3, -0.25) is 4.79 Å². The Balaban J connectivity index is 2.00. The number of nitrogens with one attached hydrogen (secondary N) is 1. The first kappa shape index (κ1) is 22.6. The van der Waals surface area contributed by atoms with Gasteiger partial charge < -0.3 is 10.4 Å². The second-order valence-corrected chi connectivity index (χ2v) is 11.4. The number of aliphatic imine (C=N–C) groups is 1. The lowest BCUT2D eigenvalue weighted by Gasteiger charge is -2.28. The van der Waals surface area contributed by atoms with Crippen molar-refractivity contribution in [3.8, 4) is 5.75 Å². The topological polar surface area (TPSA) is 61.7 Å². The largest absolute Gasteiger partial charge is 0.507 e. The molecule has 1 heterocycles. The number of rotatable bonds is 2. The van der Waals surface area contributed by atoms with Gasteiger partial charge in [-0.2, -0.15) is 0 Å². The van der Waals surface area contributed by atoms with Gasteiger partial charge in [0.05, 0.1) is 10.6 Å². The van der Waals surface area contributed by atoms with Gasteiger partial charge in [-0.1, -0.05) is 57.5 Å². The van der Waals surface area contributed by atoms with Gasteiger partial charge in [-0.25, -0.2) is 4.99 Å². The molecule has 4 nitrogen and oxygen atoms in total. The molecule has 0 radical (unpaired) electrons. The third-order valence-electron chi connectivity index (χ3n) is 4.75. The minimum Gasteiger partial charge on any atom is -0.507 e. The van der Waals surface area contributed by atoms with E-state index < -0.39 is 0 Å². The number of amides is 1. The number of halogens is 1. The van der Waals surface area contributed by atoms with Gasteiger partial charge in [0.2, 0.25) is 0 Å². The Labute approximate surface area is 191 Å². The molecule has 0 aliphatic carbocycles. The molecule has 1 fully saturated rings. The number of phenols is 1. The minimum atomic E-state index is -0.224. The molecule has 1 aliphatic heterocycles. The van der Waals surface area contributed by atoms with Gasteiger partial charge >= 0.3 is 0 Å². The first-order valence-corrected chi connectivity index (χ1v) is 11.4. The van der Waals surface area contributed by atoms with Crippen molar-refractivity contribution in [2.45, 2.75) is 52.4 Å². The highest BCUT2D eigenvalue weighted by Crippen LogP contribution is 2.40. The number of amidine groups is 1. The molecule has 6 heteroatoms. The van der Waals surface area contributed by atoms with Crippen LogP contribution in [0.15, 0.2) is 50.8 Å².